The first-order valence-electron chi connectivity index (χ1n) is 8.85. The van der Waals surface area contributed by atoms with E-state index in [0.29, 0.717) is 23.0 Å². The topological polar surface area (TPSA) is 94.0 Å². The van der Waals surface area contributed by atoms with Gasteiger partial charge in [0.05, 0.1) is 12.7 Å². The number of allylic oxidation sites excluding steroid dienone is 1. The summed E-state index contributed by atoms with van der Waals surface area (Å²) in [4.78, 5) is 13.3. The Labute approximate surface area is 162 Å². The summed E-state index contributed by atoms with van der Waals surface area (Å²) in [5, 5.41) is 18.0. The molecule has 2 aromatic carbocycles. The van der Waals surface area contributed by atoms with Crippen LogP contribution >= 0.6 is 0 Å². The molecular formula is C20H20N6O2. The summed E-state index contributed by atoms with van der Waals surface area (Å²) in [6, 6.07) is 14.7. The SMILES string of the molecule is COc1ccccc1C1C(C(=O)Nc2ccccc2C)=C(C)Nc2nnnn21. The lowest BCUT2D eigenvalue weighted by molar-refractivity contribution is -0.113. The van der Waals surface area contributed by atoms with Gasteiger partial charge in [0.1, 0.15) is 11.8 Å². The molecule has 8 nitrogen and oxygen atoms in total. The number of aromatic nitrogens is 4. The first-order valence-corrected chi connectivity index (χ1v) is 8.85. The van der Waals surface area contributed by atoms with Crippen molar-refractivity contribution in [3.8, 4) is 5.75 Å². The van der Waals surface area contributed by atoms with Gasteiger partial charge in [0.15, 0.2) is 0 Å². The van der Waals surface area contributed by atoms with Crippen molar-refractivity contribution < 1.29 is 9.53 Å². The molecule has 1 aliphatic rings. The van der Waals surface area contributed by atoms with Crippen molar-refractivity contribution in [3.05, 3.63) is 70.9 Å². The van der Waals surface area contributed by atoms with Gasteiger partial charge in [-0.1, -0.05) is 41.5 Å². The number of carbonyl (C=O) groups is 1. The minimum atomic E-state index is -0.522. The van der Waals surface area contributed by atoms with Gasteiger partial charge < -0.3 is 15.4 Å². The van der Waals surface area contributed by atoms with Gasteiger partial charge >= 0.3 is 0 Å². The van der Waals surface area contributed by atoms with E-state index in [1.807, 2.05) is 62.4 Å². The van der Waals surface area contributed by atoms with Crippen molar-refractivity contribution in [1.82, 2.24) is 20.2 Å². The third kappa shape index (κ3) is 2.98. The predicted octanol–water partition coefficient (Wildman–Crippen LogP) is 2.92. The monoisotopic (exact) mass is 376 g/mol. The van der Waals surface area contributed by atoms with Crippen LogP contribution in [0.25, 0.3) is 0 Å². The van der Waals surface area contributed by atoms with Crippen molar-refractivity contribution in [1.29, 1.82) is 0 Å². The van der Waals surface area contributed by atoms with Gasteiger partial charge in [-0.05, 0) is 42.0 Å². The molecule has 2 heterocycles. The van der Waals surface area contributed by atoms with Crippen LogP contribution in [0.15, 0.2) is 59.8 Å². The van der Waals surface area contributed by atoms with E-state index in [4.69, 9.17) is 4.74 Å². The third-order valence-electron chi connectivity index (χ3n) is 4.79. The summed E-state index contributed by atoms with van der Waals surface area (Å²) in [5.74, 6) is 0.905. The molecular weight excluding hydrogens is 356 g/mol. The zero-order valence-corrected chi connectivity index (χ0v) is 15.8. The number of anilines is 2. The van der Waals surface area contributed by atoms with E-state index in [1.54, 1.807) is 11.8 Å². The number of hydrogen-bond donors (Lipinski definition) is 2. The van der Waals surface area contributed by atoms with Crippen LogP contribution in [0.1, 0.15) is 24.1 Å². The van der Waals surface area contributed by atoms with Crippen molar-refractivity contribution in [3.63, 3.8) is 0 Å². The molecule has 0 saturated carbocycles. The number of aryl methyl sites for hydroxylation is 1. The highest BCUT2D eigenvalue weighted by molar-refractivity contribution is 6.06. The number of nitrogens with one attached hydrogen (secondary N) is 2. The van der Waals surface area contributed by atoms with E-state index in [9.17, 15) is 4.79 Å². The molecule has 28 heavy (non-hydrogen) atoms. The number of ether oxygens (including phenoxy) is 1. The Hall–Kier alpha value is -3.68. The summed E-state index contributed by atoms with van der Waals surface area (Å²) in [6.07, 6.45) is 0. The molecule has 3 aromatic rings. The van der Waals surface area contributed by atoms with Gasteiger partial charge in [-0.2, -0.15) is 4.68 Å². The van der Waals surface area contributed by atoms with Gasteiger partial charge in [-0.15, -0.1) is 0 Å². The molecule has 2 N–H and O–H groups in total. The number of para-hydroxylation sites is 2. The smallest absolute Gasteiger partial charge is 0.255 e. The Morgan fingerprint density at radius 2 is 1.89 bits per heavy atom. The first-order chi connectivity index (χ1) is 13.6. The lowest BCUT2D eigenvalue weighted by atomic mass is 9.94. The minimum absolute atomic E-state index is 0.226. The highest BCUT2D eigenvalue weighted by Crippen LogP contribution is 2.38. The number of fused-ring (bicyclic) bond motifs is 1. The average Bonchev–Trinajstić information content (AvgIpc) is 3.16. The van der Waals surface area contributed by atoms with Crippen LogP contribution in [0.2, 0.25) is 0 Å². The molecule has 1 amide bonds. The number of benzene rings is 2. The van der Waals surface area contributed by atoms with Crippen LogP contribution in [0.5, 0.6) is 5.75 Å². The quantitative estimate of drug-likeness (QED) is 0.727. The second-order valence-corrected chi connectivity index (χ2v) is 6.52. The molecule has 0 saturated heterocycles. The predicted molar refractivity (Wildman–Crippen MR) is 105 cm³/mol. The zero-order valence-electron chi connectivity index (χ0n) is 15.8. The third-order valence-corrected chi connectivity index (χ3v) is 4.79. The molecule has 1 atom stereocenters. The normalized spacial score (nSPS) is 15.6. The van der Waals surface area contributed by atoms with Crippen LogP contribution < -0.4 is 15.4 Å². The minimum Gasteiger partial charge on any atom is -0.496 e. The van der Waals surface area contributed by atoms with Gasteiger partial charge in [0, 0.05) is 16.9 Å². The highest BCUT2D eigenvalue weighted by Gasteiger charge is 2.35. The number of hydrogen-bond acceptors (Lipinski definition) is 6. The van der Waals surface area contributed by atoms with Crippen LogP contribution in [0.3, 0.4) is 0 Å². The average molecular weight is 376 g/mol. The molecule has 0 aliphatic carbocycles. The lowest BCUT2D eigenvalue weighted by Gasteiger charge is -2.29. The summed E-state index contributed by atoms with van der Waals surface area (Å²) < 4.78 is 7.13. The number of tetrazole rings is 1. The van der Waals surface area contributed by atoms with E-state index < -0.39 is 6.04 Å². The summed E-state index contributed by atoms with van der Waals surface area (Å²) in [7, 11) is 1.60. The highest BCUT2D eigenvalue weighted by atomic mass is 16.5. The van der Waals surface area contributed by atoms with Gasteiger partial charge in [0.2, 0.25) is 5.95 Å². The molecule has 1 unspecified atom stereocenters. The molecule has 4 rings (SSSR count). The summed E-state index contributed by atoms with van der Waals surface area (Å²) >= 11 is 0. The number of rotatable bonds is 4. The van der Waals surface area contributed by atoms with Crippen molar-refractivity contribution in [2.24, 2.45) is 0 Å². The molecule has 0 fully saturated rings. The summed E-state index contributed by atoms with van der Waals surface area (Å²) in [5.41, 5.74) is 3.75. The standard InChI is InChI=1S/C20H20N6O2/c1-12-8-4-6-10-15(12)22-19(27)17-13(2)21-20-23-24-25-26(20)18(17)14-9-5-7-11-16(14)28-3/h4-11,18H,1-3H3,(H,22,27)(H,21,23,25). The fraction of sp³-hybridized carbons (Fsp3) is 0.200. The Balaban J connectivity index is 1.81. The van der Waals surface area contributed by atoms with E-state index in [0.717, 1.165) is 16.8 Å². The lowest BCUT2D eigenvalue weighted by Crippen LogP contribution is -2.31. The molecule has 0 bridgehead atoms. The maximum Gasteiger partial charge on any atom is 0.255 e. The number of methoxy groups -OCH3 is 1. The molecule has 8 heteroatoms. The summed E-state index contributed by atoms with van der Waals surface area (Å²) in [6.45, 7) is 3.79. The van der Waals surface area contributed by atoms with Gasteiger partial charge in [-0.25, -0.2) is 0 Å². The van der Waals surface area contributed by atoms with Gasteiger partial charge in [0.25, 0.3) is 5.91 Å². The van der Waals surface area contributed by atoms with Crippen molar-refractivity contribution in [2.75, 3.05) is 17.7 Å². The fourth-order valence-electron chi connectivity index (χ4n) is 3.39. The maximum absolute atomic E-state index is 13.3. The first kappa shape index (κ1) is 17.7. The number of carbonyl (C=O) groups excluding carboxylic acids is 1. The van der Waals surface area contributed by atoms with Gasteiger partial charge in [-0.3, -0.25) is 4.79 Å². The van der Waals surface area contributed by atoms with E-state index >= 15 is 0 Å². The van der Waals surface area contributed by atoms with Crippen LogP contribution in [-0.4, -0.2) is 33.2 Å². The van der Waals surface area contributed by atoms with E-state index in [1.165, 1.54) is 0 Å². The maximum atomic E-state index is 13.3. The molecule has 1 aliphatic heterocycles. The van der Waals surface area contributed by atoms with Crippen molar-refractivity contribution >= 4 is 17.5 Å². The second-order valence-electron chi connectivity index (χ2n) is 6.52. The Bertz CT molecular complexity index is 1070. The van der Waals surface area contributed by atoms with E-state index in [2.05, 4.69) is 26.2 Å². The fourth-order valence-corrected chi connectivity index (χ4v) is 3.39. The largest absolute Gasteiger partial charge is 0.496 e. The Kier molecular flexibility index (Phi) is 4.52. The Morgan fingerprint density at radius 1 is 1.14 bits per heavy atom. The molecule has 1 aromatic heterocycles. The van der Waals surface area contributed by atoms with Crippen molar-refractivity contribution in [2.45, 2.75) is 19.9 Å². The molecule has 142 valence electrons. The number of nitrogens with zero attached hydrogens (tertiary/aromatic N) is 4. The van der Waals surface area contributed by atoms with Crippen LogP contribution in [0.4, 0.5) is 11.6 Å². The second kappa shape index (κ2) is 7.15. The van der Waals surface area contributed by atoms with E-state index in [-0.39, 0.29) is 5.91 Å². The van der Waals surface area contributed by atoms with Crippen LogP contribution in [-0.2, 0) is 4.79 Å². The van der Waals surface area contributed by atoms with Crippen LogP contribution in [0, 0.1) is 6.92 Å². The zero-order chi connectivity index (χ0) is 19.7. The molecule has 0 spiro atoms. The molecule has 0 radical (unpaired) electrons. The number of amides is 1. The Morgan fingerprint density at radius 3 is 2.68 bits per heavy atom.